The molecule has 4 nitrogen and oxygen atoms in total. The number of aromatic nitrogens is 1. The van der Waals surface area contributed by atoms with Crippen molar-refractivity contribution in [3.05, 3.63) is 24.0 Å². The fourth-order valence-electron chi connectivity index (χ4n) is 1.21. The average molecular weight is 239 g/mol. The van der Waals surface area contributed by atoms with E-state index in [1.54, 1.807) is 12.3 Å². The minimum Gasteiger partial charge on any atom is -0.385 e. The number of thioether (sulfide) groups is 1. The molecule has 1 rings (SSSR count). The predicted octanol–water partition coefficient (Wildman–Crippen LogP) is 1.73. The first-order valence-corrected chi connectivity index (χ1v) is 6.44. The Hall–Kier alpha value is -1.23. The van der Waals surface area contributed by atoms with Gasteiger partial charge in [0.05, 0.1) is 0 Å². The number of hydrogen-bond donors (Lipinski definition) is 2. The van der Waals surface area contributed by atoms with Gasteiger partial charge in [-0.1, -0.05) is 6.92 Å². The molecule has 88 valence electrons. The number of nitrogens with one attached hydrogen (secondary N) is 1. The second-order valence-corrected chi connectivity index (χ2v) is 4.83. The number of hydrogen-bond acceptors (Lipinski definition) is 4. The van der Waals surface area contributed by atoms with Gasteiger partial charge >= 0.3 is 0 Å². The van der Waals surface area contributed by atoms with Gasteiger partial charge in [-0.2, -0.15) is 11.8 Å². The summed E-state index contributed by atoms with van der Waals surface area (Å²) in [6.07, 6.45) is 4.76. The maximum absolute atomic E-state index is 10.9. The Bertz CT molecular complexity index is 357. The summed E-state index contributed by atoms with van der Waals surface area (Å²) < 4.78 is 0. The highest BCUT2D eigenvalue weighted by molar-refractivity contribution is 7.99. The number of nitrogens with two attached hydrogens (primary N) is 1. The van der Waals surface area contributed by atoms with Crippen molar-refractivity contribution >= 4 is 23.4 Å². The zero-order valence-corrected chi connectivity index (χ0v) is 10.4. The van der Waals surface area contributed by atoms with E-state index >= 15 is 0 Å². The van der Waals surface area contributed by atoms with Crippen molar-refractivity contribution in [2.75, 3.05) is 18.1 Å². The van der Waals surface area contributed by atoms with Crippen molar-refractivity contribution in [3.8, 4) is 0 Å². The van der Waals surface area contributed by atoms with Crippen LogP contribution >= 0.6 is 11.8 Å². The molecule has 0 aliphatic heterocycles. The molecular weight excluding hydrogens is 222 g/mol. The number of rotatable bonds is 6. The zero-order valence-electron chi connectivity index (χ0n) is 9.56. The number of carbonyl (C=O) groups is 1. The van der Waals surface area contributed by atoms with Crippen LogP contribution < -0.4 is 11.1 Å². The third-order valence-corrected chi connectivity index (χ3v) is 3.34. The Morgan fingerprint density at radius 1 is 1.69 bits per heavy atom. The summed E-state index contributed by atoms with van der Waals surface area (Å²) in [6.45, 7) is 3.07. The minimum atomic E-state index is -0.499. The van der Waals surface area contributed by atoms with E-state index in [0.29, 0.717) is 10.9 Å². The van der Waals surface area contributed by atoms with Gasteiger partial charge in [-0.25, -0.2) is 0 Å². The first-order chi connectivity index (χ1) is 7.63. The monoisotopic (exact) mass is 239 g/mol. The van der Waals surface area contributed by atoms with Crippen LogP contribution in [0.25, 0.3) is 0 Å². The molecule has 0 spiro atoms. The van der Waals surface area contributed by atoms with Crippen LogP contribution in [0.2, 0.25) is 0 Å². The SMILES string of the molecule is CSC(C)CCNc1ccnc(C(N)=O)c1. The number of pyridine rings is 1. The first kappa shape index (κ1) is 12.8. The smallest absolute Gasteiger partial charge is 0.267 e. The highest BCUT2D eigenvalue weighted by Gasteiger charge is 2.03. The summed E-state index contributed by atoms with van der Waals surface area (Å²) in [5.41, 5.74) is 6.33. The maximum atomic E-state index is 10.9. The van der Waals surface area contributed by atoms with E-state index in [1.165, 1.54) is 0 Å². The molecule has 0 saturated carbocycles. The molecule has 3 N–H and O–H groups in total. The van der Waals surface area contributed by atoms with Crippen molar-refractivity contribution in [1.82, 2.24) is 4.98 Å². The Balaban J connectivity index is 2.48. The van der Waals surface area contributed by atoms with Gasteiger partial charge in [0, 0.05) is 23.7 Å². The molecule has 0 saturated heterocycles. The molecule has 1 aromatic rings. The molecule has 0 aromatic carbocycles. The molecule has 1 amide bonds. The van der Waals surface area contributed by atoms with Gasteiger partial charge in [0.1, 0.15) is 5.69 Å². The summed E-state index contributed by atoms with van der Waals surface area (Å²) in [7, 11) is 0. The second-order valence-electron chi connectivity index (χ2n) is 3.56. The molecule has 0 aliphatic carbocycles. The van der Waals surface area contributed by atoms with Gasteiger partial charge in [-0.05, 0) is 24.8 Å². The lowest BCUT2D eigenvalue weighted by atomic mass is 10.3. The van der Waals surface area contributed by atoms with Crippen molar-refractivity contribution in [3.63, 3.8) is 0 Å². The standard InChI is InChI=1S/C11H17N3OS/c1-8(16-2)3-5-13-9-4-6-14-10(7-9)11(12)15/h4,6-8H,3,5H2,1-2H3,(H2,12,15)(H,13,14). The largest absolute Gasteiger partial charge is 0.385 e. The highest BCUT2D eigenvalue weighted by Crippen LogP contribution is 2.11. The quantitative estimate of drug-likeness (QED) is 0.793. The van der Waals surface area contributed by atoms with Gasteiger partial charge in [-0.3, -0.25) is 9.78 Å². The molecule has 0 radical (unpaired) electrons. The van der Waals surface area contributed by atoms with E-state index < -0.39 is 5.91 Å². The van der Waals surface area contributed by atoms with Crippen molar-refractivity contribution in [1.29, 1.82) is 0 Å². The Morgan fingerprint density at radius 2 is 2.44 bits per heavy atom. The van der Waals surface area contributed by atoms with Crippen LogP contribution in [0.3, 0.4) is 0 Å². The predicted molar refractivity (Wildman–Crippen MR) is 68.8 cm³/mol. The lowest BCUT2D eigenvalue weighted by Crippen LogP contribution is -2.14. The summed E-state index contributed by atoms with van der Waals surface area (Å²) in [5.74, 6) is -0.499. The molecule has 1 aromatic heterocycles. The van der Waals surface area contributed by atoms with E-state index in [4.69, 9.17) is 5.73 Å². The van der Waals surface area contributed by atoms with E-state index in [2.05, 4.69) is 23.5 Å². The van der Waals surface area contributed by atoms with Crippen molar-refractivity contribution < 1.29 is 4.79 Å². The van der Waals surface area contributed by atoms with Gasteiger partial charge in [0.15, 0.2) is 0 Å². The topological polar surface area (TPSA) is 68.0 Å². The molecule has 1 heterocycles. The fourth-order valence-corrected chi connectivity index (χ4v) is 1.57. The first-order valence-electron chi connectivity index (χ1n) is 5.16. The average Bonchev–Trinajstić information content (AvgIpc) is 2.29. The highest BCUT2D eigenvalue weighted by atomic mass is 32.2. The molecule has 0 bridgehead atoms. The molecular formula is C11H17N3OS. The van der Waals surface area contributed by atoms with Crippen LogP contribution in [-0.4, -0.2) is 28.9 Å². The molecule has 5 heteroatoms. The van der Waals surface area contributed by atoms with E-state index in [1.807, 2.05) is 17.8 Å². The van der Waals surface area contributed by atoms with Crippen molar-refractivity contribution in [2.24, 2.45) is 5.73 Å². The normalized spacial score (nSPS) is 12.1. The van der Waals surface area contributed by atoms with Gasteiger partial charge < -0.3 is 11.1 Å². The zero-order chi connectivity index (χ0) is 12.0. The van der Waals surface area contributed by atoms with Crippen LogP contribution in [0.4, 0.5) is 5.69 Å². The number of primary amides is 1. The minimum absolute atomic E-state index is 0.294. The third-order valence-electron chi connectivity index (χ3n) is 2.29. The Morgan fingerprint density at radius 3 is 3.06 bits per heavy atom. The Kier molecular flexibility index (Phi) is 5.11. The molecule has 1 unspecified atom stereocenters. The number of nitrogens with zero attached hydrogens (tertiary/aromatic N) is 1. The maximum Gasteiger partial charge on any atom is 0.267 e. The third kappa shape index (κ3) is 4.10. The van der Waals surface area contributed by atoms with Crippen LogP contribution in [0.15, 0.2) is 18.3 Å². The molecule has 0 fully saturated rings. The van der Waals surface area contributed by atoms with E-state index in [-0.39, 0.29) is 0 Å². The lowest BCUT2D eigenvalue weighted by molar-refractivity contribution is 0.0995. The molecule has 16 heavy (non-hydrogen) atoms. The number of carbonyl (C=O) groups excluding carboxylic acids is 1. The van der Waals surface area contributed by atoms with E-state index in [9.17, 15) is 4.79 Å². The summed E-state index contributed by atoms with van der Waals surface area (Å²) in [6, 6.07) is 3.50. The van der Waals surface area contributed by atoms with E-state index in [0.717, 1.165) is 18.7 Å². The number of amides is 1. The Labute approximate surface area is 100 Å². The number of anilines is 1. The van der Waals surface area contributed by atoms with Gasteiger partial charge in [0.25, 0.3) is 5.91 Å². The van der Waals surface area contributed by atoms with Crippen LogP contribution in [0.5, 0.6) is 0 Å². The summed E-state index contributed by atoms with van der Waals surface area (Å²) in [5, 5.41) is 3.87. The van der Waals surface area contributed by atoms with Gasteiger partial charge in [-0.15, -0.1) is 0 Å². The molecule has 1 atom stereocenters. The van der Waals surface area contributed by atoms with Crippen molar-refractivity contribution in [2.45, 2.75) is 18.6 Å². The summed E-state index contributed by atoms with van der Waals surface area (Å²) >= 11 is 1.84. The van der Waals surface area contributed by atoms with Crippen LogP contribution in [0, 0.1) is 0 Å². The van der Waals surface area contributed by atoms with Crippen LogP contribution in [0.1, 0.15) is 23.8 Å². The second kappa shape index (κ2) is 6.37. The lowest BCUT2D eigenvalue weighted by Gasteiger charge is -2.10. The summed E-state index contributed by atoms with van der Waals surface area (Å²) in [4.78, 5) is 14.8. The van der Waals surface area contributed by atoms with Crippen LogP contribution in [-0.2, 0) is 0 Å². The fraction of sp³-hybridized carbons (Fsp3) is 0.455. The van der Waals surface area contributed by atoms with Gasteiger partial charge in [0.2, 0.25) is 0 Å². The molecule has 0 aliphatic rings.